The number of aromatic carboxylic acids is 2. The van der Waals surface area contributed by atoms with Gasteiger partial charge in [-0.1, -0.05) is 11.6 Å². The molecule has 2 heterocycles. The Morgan fingerprint density at radius 1 is 0.879 bits per heavy atom. The van der Waals surface area contributed by atoms with Crippen molar-refractivity contribution in [3.05, 3.63) is 81.8 Å². The minimum absolute atomic E-state index is 0.0147. The Balaban J connectivity index is 1.73. The van der Waals surface area contributed by atoms with Gasteiger partial charge in [0.2, 0.25) is 5.95 Å². The van der Waals surface area contributed by atoms with Crippen molar-refractivity contribution in [3.8, 4) is 5.69 Å². The van der Waals surface area contributed by atoms with Crippen LogP contribution in [0.2, 0.25) is 5.15 Å². The van der Waals surface area contributed by atoms with Gasteiger partial charge in [0.05, 0.1) is 22.3 Å². The lowest BCUT2D eigenvalue weighted by molar-refractivity contribution is 0.0686. The molecule has 1 amide bonds. The van der Waals surface area contributed by atoms with Crippen molar-refractivity contribution in [2.45, 2.75) is 13.8 Å². The molecule has 10 heteroatoms. The van der Waals surface area contributed by atoms with Crippen LogP contribution in [-0.4, -0.2) is 42.6 Å². The fraction of sp³-hybridized carbons (Fsp3) is 0.0870. The number of rotatable bonds is 5. The van der Waals surface area contributed by atoms with E-state index in [9.17, 15) is 24.6 Å². The number of benzene rings is 2. The summed E-state index contributed by atoms with van der Waals surface area (Å²) in [6.07, 6.45) is 0. The van der Waals surface area contributed by atoms with Crippen LogP contribution in [0.25, 0.3) is 16.6 Å². The maximum atomic E-state index is 12.9. The third-order valence-corrected chi connectivity index (χ3v) is 5.41. The maximum Gasteiger partial charge on any atom is 0.337 e. The summed E-state index contributed by atoms with van der Waals surface area (Å²) in [5, 5.41) is 21.8. The molecule has 2 aromatic carbocycles. The van der Waals surface area contributed by atoms with Gasteiger partial charge in [-0.05, 0) is 62.4 Å². The number of aryl methyl sites for hydroxylation is 2. The van der Waals surface area contributed by atoms with Crippen molar-refractivity contribution < 1.29 is 24.6 Å². The Morgan fingerprint density at radius 3 is 2.18 bits per heavy atom. The van der Waals surface area contributed by atoms with Gasteiger partial charge in [0.1, 0.15) is 5.15 Å². The number of aromatic nitrogens is 3. The van der Waals surface area contributed by atoms with Crippen LogP contribution in [0.3, 0.4) is 0 Å². The summed E-state index contributed by atoms with van der Waals surface area (Å²) < 4.78 is 1.75. The highest BCUT2D eigenvalue weighted by Crippen LogP contribution is 2.25. The number of nitrogens with one attached hydrogen (secondary N) is 1. The van der Waals surface area contributed by atoms with Crippen molar-refractivity contribution in [2.75, 3.05) is 5.32 Å². The Morgan fingerprint density at radius 2 is 1.55 bits per heavy atom. The second-order valence-electron chi connectivity index (χ2n) is 7.32. The number of carboxylic acid groups (broad SMARTS) is 2. The Labute approximate surface area is 192 Å². The van der Waals surface area contributed by atoms with Crippen molar-refractivity contribution >= 4 is 46.3 Å². The molecule has 9 nitrogen and oxygen atoms in total. The molecule has 0 aliphatic carbocycles. The van der Waals surface area contributed by atoms with E-state index in [0.717, 1.165) is 11.4 Å². The molecule has 0 bridgehead atoms. The molecule has 0 saturated heterocycles. The van der Waals surface area contributed by atoms with Crippen molar-refractivity contribution in [2.24, 2.45) is 0 Å². The van der Waals surface area contributed by atoms with Gasteiger partial charge in [0.15, 0.2) is 0 Å². The molecular weight excluding hydrogens is 448 g/mol. The summed E-state index contributed by atoms with van der Waals surface area (Å²) in [6, 6.07) is 12.1. The maximum absolute atomic E-state index is 12.9. The zero-order valence-corrected chi connectivity index (χ0v) is 18.2. The van der Waals surface area contributed by atoms with E-state index in [2.05, 4.69) is 15.3 Å². The monoisotopic (exact) mass is 464 g/mol. The molecule has 2 aromatic heterocycles. The highest BCUT2D eigenvalue weighted by Gasteiger charge is 2.19. The predicted molar refractivity (Wildman–Crippen MR) is 122 cm³/mol. The van der Waals surface area contributed by atoms with Crippen LogP contribution in [0.5, 0.6) is 0 Å². The Bertz CT molecular complexity index is 1440. The number of halogens is 1. The number of amides is 1. The van der Waals surface area contributed by atoms with E-state index < -0.39 is 17.8 Å². The van der Waals surface area contributed by atoms with Crippen molar-refractivity contribution in [3.63, 3.8) is 0 Å². The van der Waals surface area contributed by atoms with Crippen LogP contribution in [0, 0.1) is 13.8 Å². The number of carbonyl (C=O) groups is 3. The first-order valence-corrected chi connectivity index (χ1v) is 10.1. The summed E-state index contributed by atoms with van der Waals surface area (Å²) in [6.45, 7) is 3.67. The average molecular weight is 465 g/mol. The van der Waals surface area contributed by atoms with E-state index >= 15 is 0 Å². The minimum atomic E-state index is -1.13. The molecular formula is C23H17ClN4O5. The van der Waals surface area contributed by atoms with Gasteiger partial charge in [0.25, 0.3) is 5.91 Å². The molecule has 3 N–H and O–H groups in total. The zero-order valence-electron chi connectivity index (χ0n) is 17.5. The number of carboxylic acids is 2. The molecule has 4 rings (SSSR count). The first-order chi connectivity index (χ1) is 15.7. The van der Waals surface area contributed by atoms with Gasteiger partial charge < -0.3 is 14.8 Å². The quantitative estimate of drug-likeness (QED) is 0.374. The topological polar surface area (TPSA) is 134 Å². The molecule has 0 aliphatic rings. The lowest BCUT2D eigenvalue weighted by atomic mass is 10.1. The van der Waals surface area contributed by atoms with Gasteiger partial charge >= 0.3 is 11.9 Å². The lowest BCUT2D eigenvalue weighted by Crippen LogP contribution is -2.16. The van der Waals surface area contributed by atoms with Crippen LogP contribution in [0.4, 0.5) is 5.95 Å². The number of hydrogen-bond acceptors (Lipinski definition) is 5. The molecule has 166 valence electrons. The molecule has 4 aromatic rings. The van der Waals surface area contributed by atoms with Gasteiger partial charge in [-0.3, -0.25) is 10.1 Å². The van der Waals surface area contributed by atoms with Gasteiger partial charge in [-0.25, -0.2) is 19.6 Å². The number of carbonyl (C=O) groups excluding carboxylic acids is 1. The number of nitrogens with zero attached hydrogens (tertiary/aromatic N) is 3. The minimum Gasteiger partial charge on any atom is -0.478 e. The summed E-state index contributed by atoms with van der Waals surface area (Å²) in [4.78, 5) is 44.2. The van der Waals surface area contributed by atoms with Gasteiger partial charge in [0, 0.05) is 22.3 Å². The molecule has 0 saturated carbocycles. The van der Waals surface area contributed by atoms with Crippen LogP contribution in [0.15, 0.2) is 48.5 Å². The predicted octanol–water partition coefficient (Wildman–Crippen LogP) is 4.34. The number of fused-ring (bicyclic) bond motifs is 1. The average Bonchev–Trinajstić information content (AvgIpc) is 3.10. The molecule has 0 spiro atoms. The van der Waals surface area contributed by atoms with E-state index in [-0.39, 0.29) is 33.3 Å². The molecule has 0 unspecified atom stereocenters. The first kappa shape index (κ1) is 22.0. The van der Waals surface area contributed by atoms with Crippen LogP contribution in [-0.2, 0) is 0 Å². The summed E-state index contributed by atoms with van der Waals surface area (Å²) in [7, 11) is 0. The first-order valence-electron chi connectivity index (χ1n) is 9.70. The molecule has 0 aliphatic heterocycles. The molecule has 33 heavy (non-hydrogen) atoms. The van der Waals surface area contributed by atoms with Crippen LogP contribution < -0.4 is 5.32 Å². The van der Waals surface area contributed by atoms with E-state index in [1.165, 1.54) is 36.4 Å². The Hall–Kier alpha value is -4.24. The smallest absolute Gasteiger partial charge is 0.337 e. The highest BCUT2D eigenvalue weighted by atomic mass is 35.5. The van der Waals surface area contributed by atoms with Crippen LogP contribution >= 0.6 is 11.6 Å². The zero-order chi connectivity index (χ0) is 23.9. The summed E-state index contributed by atoms with van der Waals surface area (Å²) in [5.74, 6) is -2.94. The third kappa shape index (κ3) is 4.13. The molecule has 0 radical (unpaired) electrons. The SMILES string of the molecule is Cc1ccc(C)n1-c1cc(C(=O)Nc2nc(Cl)c3ccc(C(=O)O)cc3n2)ccc1C(=O)O. The third-order valence-electron chi connectivity index (χ3n) is 5.13. The van der Waals surface area contributed by atoms with E-state index in [1.54, 1.807) is 4.57 Å². The fourth-order valence-corrected chi connectivity index (χ4v) is 3.78. The second-order valence-corrected chi connectivity index (χ2v) is 7.68. The highest BCUT2D eigenvalue weighted by molar-refractivity contribution is 6.34. The van der Waals surface area contributed by atoms with Crippen LogP contribution in [0.1, 0.15) is 42.5 Å². The second kappa shape index (κ2) is 8.36. The van der Waals surface area contributed by atoms with E-state index in [4.69, 9.17) is 11.6 Å². The van der Waals surface area contributed by atoms with Gasteiger partial charge in [-0.15, -0.1) is 0 Å². The van der Waals surface area contributed by atoms with E-state index in [1.807, 2.05) is 26.0 Å². The number of anilines is 1. The van der Waals surface area contributed by atoms with E-state index in [0.29, 0.717) is 11.1 Å². The largest absolute Gasteiger partial charge is 0.478 e. The van der Waals surface area contributed by atoms with Crippen molar-refractivity contribution in [1.82, 2.24) is 14.5 Å². The summed E-state index contributed by atoms with van der Waals surface area (Å²) >= 11 is 6.19. The fourth-order valence-electron chi connectivity index (χ4n) is 3.54. The van der Waals surface area contributed by atoms with Crippen molar-refractivity contribution in [1.29, 1.82) is 0 Å². The lowest BCUT2D eigenvalue weighted by Gasteiger charge is -2.14. The number of hydrogen-bond donors (Lipinski definition) is 3. The van der Waals surface area contributed by atoms with Gasteiger partial charge in [-0.2, -0.15) is 0 Å². The standard InChI is InChI=1S/C23H17ClN4O5/c1-11-3-4-12(2)28(11)18-10-13(5-8-16(18)22(32)33)20(29)27-23-25-17-9-14(21(30)31)6-7-15(17)19(24)26-23/h3-10H,1-2H3,(H,30,31)(H,32,33)(H,25,26,27,29). The summed E-state index contributed by atoms with van der Waals surface area (Å²) in [5.41, 5.74) is 2.46. The molecule has 0 fully saturated rings. The Kier molecular flexibility index (Phi) is 5.57. The molecule has 0 atom stereocenters. The normalized spacial score (nSPS) is 10.9.